The molecular weight excluding hydrogens is 462 g/mol. The third kappa shape index (κ3) is 6.15. The van der Waals surface area contributed by atoms with E-state index in [9.17, 15) is 18.4 Å². The summed E-state index contributed by atoms with van der Waals surface area (Å²) < 4.78 is 35.4. The molecule has 0 saturated heterocycles. The van der Waals surface area contributed by atoms with E-state index >= 15 is 0 Å². The van der Waals surface area contributed by atoms with Crippen molar-refractivity contribution < 1.29 is 27.5 Å². The molecule has 2 amide bonds. The summed E-state index contributed by atoms with van der Waals surface area (Å²) in [7, 11) is 0. The highest BCUT2D eigenvalue weighted by molar-refractivity contribution is 9.10. The normalized spacial score (nSPS) is 10.7. The summed E-state index contributed by atoms with van der Waals surface area (Å²) in [4.78, 5) is 24.1. The fourth-order valence-corrected chi connectivity index (χ4v) is 2.83. The topological polar surface area (TPSA) is 80.6 Å². The lowest BCUT2D eigenvalue weighted by Gasteiger charge is -2.08. The standard InChI is InChI=1S/C21H17BrF2N2O4/c22-15-6-4-13(5-7-15)18-9-8-17(29-18)11-25-19(27)12-26-20(28)14-2-1-3-16(10-14)30-21(23)24/h1-10,21H,11-12H2,(H,25,27)(H,26,28). The van der Waals surface area contributed by atoms with Gasteiger partial charge in [0.2, 0.25) is 5.91 Å². The molecule has 6 nitrogen and oxygen atoms in total. The van der Waals surface area contributed by atoms with Gasteiger partial charge in [0.1, 0.15) is 17.3 Å². The maximum atomic E-state index is 12.3. The van der Waals surface area contributed by atoms with E-state index in [0.29, 0.717) is 11.5 Å². The molecule has 0 aliphatic carbocycles. The zero-order valence-electron chi connectivity index (χ0n) is 15.5. The number of alkyl halides is 2. The fraction of sp³-hybridized carbons (Fsp3) is 0.143. The van der Waals surface area contributed by atoms with Crippen LogP contribution in [0.4, 0.5) is 8.78 Å². The Morgan fingerprint density at radius 1 is 1.03 bits per heavy atom. The van der Waals surface area contributed by atoms with Gasteiger partial charge < -0.3 is 19.8 Å². The third-order valence-corrected chi connectivity index (χ3v) is 4.51. The van der Waals surface area contributed by atoms with Crippen LogP contribution >= 0.6 is 15.9 Å². The number of nitrogens with one attached hydrogen (secondary N) is 2. The van der Waals surface area contributed by atoms with Gasteiger partial charge in [0.05, 0.1) is 13.1 Å². The number of amides is 2. The second-order valence-electron chi connectivity index (χ2n) is 6.14. The second-order valence-corrected chi connectivity index (χ2v) is 7.05. The number of benzene rings is 2. The van der Waals surface area contributed by atoms with Gasteiger partial charge in [0, 0.05) is 15.6 Å². The van der Waals surface area contributed by atoms with Gasteiger partial charge in [0.15, 0.2) is 0 Å². The molecule has 0 atom stereocenters. The Morgan fingerprint density at radius 3 is 2.53 bits per heavy atom. The van der Waals surface area contributed by atoms with Crippen LogP contribution in [0, 0.1) is 0 Å². The Bertz CT molecular complexity index is 1020. The molecule has 0 spiro atoms. The van der Waals surface area contributed by atoms with E-state index in [1.807, 2.05) is 24.3 Å². The van der Waals surface area contributed by atoms with Crippen molar-refractivity contribution in [3.05, 3.63) is 76.5 Å². The number of furan rings is 1. The van der Waals surface area contributed by atoms with Crippen molar-refractivity contribution in [2.45, 2.75) is 13.2 Å². The maximum absolute atomic E-state index is 12.3. The van der Waals surface area contributed by atoms with Crippen LogP contribution in [0.1, 0.15) is 16.1 Å². The molecule has 0 aliphatic heterocycles. The third-order valence-electron chi connectivity index (χ3n) is 3.98. The molecule has 1 heterocycles. The molecule has 0 bridgehead atoms. The quantitative estimate of drug-likeness (QED) is 0.504. The smallest absolute Gasteiger partial charge is 0.387 e. The highest BCUT2D eigenvalue weighted by atomic mass is 79.9. The molecule has 9 heteroatoms. The van der Waals surface area contributed by atoms with E-state index in [1.54, 1.807) is 12.1 Å². The Balaban J connectivity index is 1.47. The minimum atomic E-state index is -2.99. The summed E-state index contributed by atoms with van der Waals surface area (Å²) in [5.74, 6) is 0.0854. The van der Waals surface area contributed by atoms with E-state index in [0.717, 1.165) is 10.0 Å². The first-order chi connectivity index (χ1) is 14.4. The number of carbonyl (C=O) groups is 2. The molecule has 0 aliphatic rings. The van der Waals surface area contributed by atoms with Gasteiger partial charge in [-0.15, -0.1) is 0 Å². The highest BCUT2D eigenvalue weighted by Gasteiger charge is 2.12. The molecule has 0 radical (unpaired) electrons. The number of hydrogen-bond acceptors (Lipinski definition) is 4. The van der Waals surface area contributed by atoms with Gasteiger partial charge in [-0.1, -0.05) is 34.1 Å². The Morgan fingerprint density at radius 2 is 1.80 bits per heavy atom. The zero-order valence-corrected chi connectivity index (χ0v) is 17.1. The van der Waals surface area contributed by atoms with Gasteiger partial charge >= 0.3 is 6.61 Å². The number of ether oxygens (including phenoxy) is 1. The van der Waals surface area contributed by atoms with Crippen LogP contribution in [0.3, 0.4) is 0 Å². The van der Waals surface area contributed by atoms with Gasteiger partial charge in [-0.3, -0.25) is 9.59 Å². The van der Waals surface area contributed by atoms with Crippen molar-refractivity contribution in [3.63, 3.8) is 0 Å². The van der Waals surface area contributed by atoms with Crippen molar-refractivity contribution in [1.29, 1.82) is 0 Å². The predicted molar refractivity (Wildman–Crippen MR) is 109 cm³/mol. The van der Waals surface area contributed by atoms with Crippen LogP contribution in [0.25, 0.3) is 11.3 Å². The van der Waals surface area contributed by atoms with Crippen LogP contribution < -0.4 is 15.4 Å². The van der Waals surface area contributed by atoms with Crippen LogP contribution in [0.15, 0.2) is 69.6 Å². The van der Waals surface area contributed by atoms with E-state index in [-0.39, 0.29) is 24.4 Å². The summed E-state index contributed by atoms with van der Waals surface area (Å²) in [5.41, 5.74) is 1.01. The Labute approximate surface area is 179 Å². The van der Waals surface area contributed by atoms with E-state index < -0.39 is 18.4 Å². The maximum Gasteiger partial charge on any atom is 0.387 e. The number of rotatable bonds is 8. The molecule has 3 aromatic rings. The molecule has 3 rings (SSSR count). The van der Waals surface area contributed by atoms with Crippen LogP contribution in [0.5, 0.6) is 5.75 Å². The molecule has 1 aromatic heterocycles. The Hall–Kier alpha value is -3.20. The van der Waals surface area contributed by atoms with Crippen molar-refractivity contribution in [3.8, 4) is 17.1 Å². The van der Waals surface area contributed by atoms with Crippen LogP contribution in [-0.2, 0) is 11.3 Å². The van der Waals surface area contributed by atoms with Crippen molar-refractivity contribution in [2.24, 2.45) is 0 Å². The largest absolute Gasteiger partial charge is 0.459 e. The number of hydrogen-bond donors (Lipinski definition) is 2. The minimum absolute atomic E-state index is 0.103. The lowest BCUT2D eigenvalue weighted by atomic mass is 10.2. The molecule has 0 unspecified atom stereocenters. The van der Waals surface area contributed by atoms with E-state index in [2.05, 4.69) is 31.3 Å². The predicted octanol–water partition coefficient (Wildman–Crippen LogP) is 4.36. The first kappa shape index (κ1) is 21.5. The Kier molecular flexibility index (Phi) is 7.18. The van der Waals surface area contributed by atoms with Crippen molar-refractivity contribution in [1.82, 2.24) is 10.6 Å². The summed E-state index contributed by atoms with van der Waals surface area (Å²) >= 11 is 3.37. The average molecular weight is 479 g/mol. The lowest BCUT2D eigenvalue weighted by molar-refractivity contribution is -0.120. The summed E-state index contributed by atoms with van der Waals surface area (Å²) in [6.07, 6.45) is 0. The minimum Gasteiger partial charge on any atom is -0.459 e. The molecule has 0 saturated carbocycles. The molecule has 0 fully saturated rings. The van der Waals surface area contributed by atoms with Crippen molar-refractivity contribution in [2.75, 3.05) is 6.54 Å². The summed E-state index contributed by atoms with van der Waals surface area (Å²) in [6, 6.07) is 16.5. The number of halogens is 3. The fourth-order valence-electron chi connectivity index (χ4n) is 2.57. The summed E-state index contributed by atoms with van der Waals surface area (Å²) in [5, 5.41) is 5.06. The van der Waals surface area contributed by atoms with Crippen LogP contribution in [-0.4, -0.2) is 25.0 Å². The highest BCUT2D eigenvalue weighted by Crippen LogP contribution is 2.24. The monoisotopic (exact) mass is 478 g/mol. The van der Waals surface area contributed by atoms with Crippen LogP contribution in [0.2, 0.25) is 0 Å². The zero-order chi connectivity index (χ0) is 21.5. The summed E-state index contributed by atoms with van der Waals surface area (Å²) in [6.45, 7) is -3.11. The molecular formula is C21H17BrF2N2O4. The van der Waals surface area contributed by atoms with E-state index in [4.69, 9.17) is 4.42 Å². The van der Waals surface area contributed by atoms with Gasteiger partial charge in [0.25, 0.3) is 5.91 Å². The van der Waals surface area contributed by atoms with Gasteiger partial charge in [-0.05, 0) is 42.5 Å². The lowest BCUT2D eigenvalue weighted by Crippen LogP contribution is -2.36. The number of carbonyl (C=O) groups excluding carboxylic acids is 2. The SMILES string of the molecule is O=C(CNC(=O)c1cccc(OC(F)F)c1)NCc1ccc(-c2ccc(Br)cc2)o1. The van der Waals surface area contributed by atoms with Gasteiger partial charge in [-0.25, -0.2) is 0 Å². The molecule has 2 aromatic carbocycles. The molecule has 30 heavy (non-hydrogen) atoms. The van der Waals surface area contributed by atoms with E-state index in [1.165, 1.54) is 24.3 Å². The first-order valence-electron chi connectivity index (χ1n) is 8.85. The first-order valence-corrected chi connectivity index (χ1v) is 9.64. The van der Waals surface area contributed by atoms with Gasteiger partial charge in [-0.2, -0.15) is 8.78 Å². The second kappa shape index (κ2) is 10.0. The molecule has 156 valence electrons. The van der Waals surface area contributed by atoms with Crippen molar-refractivity contribution >= 4 is 27.7 Å². The molecule has 2 N–H and O–H groups in total. The average Bonchev–Trinajstić information content (AvgIpc) is 3.20.